The Balaban J connectivity index is 1.46. The summed E-state index contributed by atoms with van der Waals surface area (Å²) in [4.78, 5) is 41.2. The summed E-state index contributed by atoms with van der Waals surface area (Å²) in [6.45, 7) is 5.07. The number of piperazine rings is 1. The van der Waals surface area contributed by atoms with Gasteiger partial charge in [-0.3, -0.25) is 14.4 Å². The van der Waals surface area contributed by atoms with Crippen molar-refractivity contribution < 1.29 is 9.59 Å². The SMILES string of the molecule is Cc1cc(C(=O)N2CCN(C(=O)C3CCCc4ccccc43)CC2C)n[nH]c1=O. The minimum atomic E-state index is -0.294. The second-order valence-electron chi connectivity index (χ2n) is 8.04. The van der Waals surface area contributed by atoms with Crippen LogP contribution in [-0.4, -0.2) is 57.5 Å². The molecule has 4 rings (SSSR count). The zero-order chi connectivity index (χ0) is 20.5. The molecular weight excluding hydrogens is 368 g/mol. The average Bonchev–Trinajstić information content (AvgIpc) is 2.74. The van der Waals surface area contributed by atoms with Crippen LogP contribution in [0.4, 0.5) is 0 Å². The highest BCUT2D eigenvalue weighted by molar-refractivity contribution is 5.93. The van der Waals surface area contributed by atoms with Crippen LogP contribution in [0, 0.1) is 6.92 Å². The number of rotatable bonds is 2. The summed E-state index contributed by atoms with van der Waals surface area (Å²) in [7, 11) is 0. The van der Waals surface area contributed by atoms with Crippen LogP contribution < -0.4 is 5.56 Å². The van der Waals surface area contributed by atoms with Crippen LogP contribution in [0.3, 0.4) is 0 Å². The summed E-state index contributed by atoms with van der Waals surface area (Å²) in [5.74, 6) is -0.140. The molecule has 0 saturated carbocycles. The minimum absolute atomic E-state index is 0.0853. The molecule has 1 aromatic carbocycles. The van der Waals surface area contributed by atoms with Crippen LogP contribution >= 0.6 is 0 Å². The van der Waals surface area contributed by atoms with Gasteiger partial charge in [0.2, 0.25) is 5.91 Å². The number of aryl methyl sites for hydroxylation is 2. The normalized spacial score (nSPS) is 21.6. The summed E-state index contributed by atoms with van der Waals surface area (Å²) in [6.07, 6.45) is 2.94. The minimum Gasteiger partial charge on any atom is -0.338 e. The predicted octanol–water partition coefficient (Wildman–Crippen LogP) is 1.87. The largest absolute Gasteiger partial charge is 0.338 e. The number of nitrogens with one attached hydrogen (secondary N) is 1. The van der Waals surface area contributed by atoms with Crippen molar-refractivity contribution in [1.29, 1.82) is 0 Å². The number of H-pyrrole nitrogens is 1. The zero-order valence-corrected chi connectivity index (χ0v) is 16.9. The Morgan fingerprint density at radius 3 is 2.76 bits per heavy atom. The number of hydrogen-bond acceptors (Lipinski definition) is 4. The first-order valence-corrected chi connectivity index (χ1v) is 10.2. The van der Waals surface area contributed by atoms with Crippen molar-refractivity contribution in [1.82, 2.24) is 20.0 Å². The Labute approximate surface area is 169 Å². The van der Waals surface area contributed by atoms with Crippen LogP contribution in [0.1, 0.15) is 52.9 Å². The fraction of sp³-hybridized carbons (Fsp3) is 0.455. The van der Waals surface area contributed by atoms with E-state index in [1.54, 1.807) is 11.8 Å². The van der Waals surface area contributed by atoms with E-state index in [0.29, 0.717) is 25.2 Å². The highest BCUT2D eigenvalue weighted by Gasteiger charge is 2.35. The Morgan fingerprint density at radius 2 is 2.00 bits per heavy atom. The van der Waals surface area contributed by atoms with Crippen molar-refractivity contribution >= 4 is 11.8 Å². The number of nitrogens with zero attached hydrogens (tertiary/aromatic N) is 3. The van der Waals surface area contributed by atoms with Gasteiger partial charge >= 0.3 is 0 Å². The van der Waals surface area contributed by atoms with Gasteiger partial charge in [-0.25, -0.2) is 5.10 Å². The van der Waals surface area contributed by atoms with E-state index in [9.17, 15) is 14.4 Å². The first-order chi connectivity index (χ1) is 14.0. The summed E-state index contributed by atoms with van der Waals surface area (Å²) < 4.78 is 0. The molecule has 2 unspecified atom stereocenters. The zero-order valence-electron chi connectivity index (χ0n) is 16.9. The van der Waals surface area contributed by atoms with Gasteiger partial charge in [-0.15, -0.1) is 0 Å². The van der Waals surface area contributed by atoms with Gasteiger partial charge in [0.25, 0.3) is 11.5 Å². The molecular formula is C22H26N4O3. The first-order valence-electron chi connectivity index (χ1n) is 10.2. The smallest absolute Gasteiger partial charge is 0.274 e. The van der Waals surface area contributed by atoms with Crippen LogP contribution in [0.25, 0.3) is 0 Å². The molecule has 7 nitrogen and oxygen atoms in total. The van der Waals surface area contributed by atoms with Crippen LogP contribution in [0.2, 0.25) is 0 Å². The summed E-state index contributed by atoms with van der Waals surface area (Å²) >= 11 is 0. The molecule has 1 saturated heterocycles. The lowest BCUT2D eigenvalue weighted by molar-refractivity contribution is -0.135. The third-order valence-electron chi connectivity index (χ3n) is 6.08. The van der Waals surface area contributed by atoms with E-state index in [1.165, 1.54) is 11.6 Å². The Morgan fingerprint density at radius 1 is 1.21 bits per heavy atom. The van der Waals surface area contributed by atoms with Crippen molar-refractivity contribution in [3.05, 3.63) is 63.1 Å². The molecule has 1 aromatic heterocycles. The molecule has 29 heavy (non-hydrogen) atoms. The highest BCUT2D eigenvalue weighted by atomic mass is 16.2. The first kappa shape index (κ1) is 19.4. The maximum absolute atomic E-state index is 13.3. The van der Waals surface area contributed by atoms with Crippen LogP contribution in [-0.2, 0) is 11.2 Å². The average molecular weight is 394 g/mol. The van der Waals surface area contributed by atoms with E-state index in [2.05, 4.69) is 22.3 Å². The van der Waals surface area contributed by atoms with Gasteiger partial charge in [-0.05, 0) is 50.3 Å². The topological polar surface area (TPSA) is 86.4 Å². The fourth-order valence-electron chi connectivity index (χ4n) is 4.45. The third kappa shape index (κ3) is 3.69. The number of amides is 2. The Bertz CT molecular complexity index is 1000. The lowest BCUT2D eigenvalue weighted by atomic mass is 9.82. The van der Waals surface area contributed by atoms with Crippen molar-refractivity contribution in [3.63, 3.8) is 0 Å². The van der Waals surface area contributed by atoms with Crippen molar-refractivity contribution in [2.75, 3.05) is 19.6 Å². The lowest BCUT2D eigenvalue weighted by Gasteiger charge is -2.41. The monoisotopic (exact) mass is 394 g/mol. The number of hydrogen-bond donors (Lipinski definition) is 1. The van der Waals surface area contributed by atoms with E-state index >= 15 is 0 Å². The number of benzene rings is 1. The van der Waals surface area contributed by atoms with E-state index in [4.69, 9.17) is 0 Å². The van der Waals surface area contributed by atoms with E-state index in [0.717, 1.165) is 24.8 Å². The van der Waals surface area contributed by atoms with Crippen LogP contribution in [0.15, 0.2) is 35.1 Å². The second-order valence-corrected chi connectivity index (χ2v) is 8.04. The second kappa shape index (κ2) is 7.81. The molecule has 2 heterocycles. The van der Waals surface area contributed by atoms with Crippen molar-refractivity contribution in [3.8, 4) is 0 Å². The Kier molecular flexibility index (Phi) is 5.22. The maximum Gasteiger partial charge on any atom is 0.274 e. The van der Waals surface area contributed by atoms with Gasteiger partial charge in [0.05, 0.1) is 5.92 Å². The lowest BCUT2D eigenvalue weighted by Crippen LogP contribution is -2.56. The van der Waals surface area contributed by atoms with Crippen molar-refractivity contribution in [2.45, 2.75) is 45.1 Å². The predicted molar refractivity (Wildman–Crippen MR) is 109 cm³/mol. The van der Waals surface area contributed by atoms with Gasteiger partial charge in [0, 0.05) is 31.2 Å². The van der Waals surface area contributed by atoms with E-state index in [1.807, 2.05) is 24.0 Å². The quantitative estimate of drug-likeness (QED) is 0.843. The third-order valence-corrected chi connectivity index (χ3v) is 6.08. The molecule has 2 aliphatic rings. The van der Waals surface area contributed by atoms with Gasteiger partial charge in [0.1, 0.15) is 5.69 Å². The van der Waals surface area contributed by atoms with E-state index < -0.39 is 0 Å². The molecule has 152 valence electrons. The summed E-state index contributed by atoms with van der Waals surface area (Å²) in [6, 6.07) is 9.63. The molecule has 0 spiro atoms. The van der Waals surface area contributed by atoms with Crippen LogP contribution in [0.5, 0.6) is 0 Å². The van der Waals surface area contributed by atoms with Gasteiger partial charge in [-0.1, -0.05) is 24.3 Å². The Hall–Kier alpha value is -2.96. The molecule has 2 atom stereocenters. The molecule has 0 radical (unpaired) electrons. The summed E-state index contributed by atoms with van der Waals surface area (Å²) in [5, 5.41) is 6.26. The molecule has 1 aliphatic carbocycles. The number of fused-ring (bicyclic) bond motifs is 1. The van der Waals surface area contributed by atoms with Gasteiger partial charge in [0.15, 0.2) is 0 Å². The molecule has 7 heteroatoms. The standard InChI is InChI=1S/C22H26N4O3/c1-14-12-19(23-24-20(14)27)22(29)26-11-10-25(13-15(26)2)21(28)18-9-5-7-16-6-3-4-8-17(16)18/h3-4,6,8,12,15,18H,5,7,9-11,13H2,1-2H3,(H,24,27). The summed E-state index contributed by atoms with van der Waals surface area (Å²) in [5.41, 5.74) is 2.83. The molecule has 1 N–H and O–H groups in total. The number of carbonyl (C=O) groups excluding carboxylic acids is 2. The number of aromatic amines is 1. The maximum atomic E-state index is 13.3. The van der Waals surface area contributed by atoms with E-state index in [-0.39, 0.29) is 35.0 Å². The highest BCUT2D eigenvalue weighted by Crippen LogP contribution is 2.33. The molecule has 2 amide bonds. The number of aromatic nitrogens is 2. The fourth-order valence-corrected chi connectivity index (χ4v) is 4.45. The van der Waals surface area contributed by atoms with Gasteiger partial charge < -0.3 is 9.80 Å². The molecule has 1 aliphatic heterocycles. The molecule has 2 aromatic rings. The van der Waals surface area contributed by atoms with Crippen molar-refractivity contribution in [2.24, 2.45) is 0 Å². The molecule has 0 bridgehead atoms. The molecule has 1 fully saturated rings. The number of carbonyl (C=O) groups is 2. The van der Waals surface area contributed by atoms with Gasteiger partial charge in [-0.2, -0.15) is 5.10 Å².